The molecule has 1 atom stereocenters. The lowest BCUT2D eigenvalue weighted by Gasteiger charge is -2.24. The Morgan fingerprint density at radius 1 is 1.19 bits per heavy atom. The van der Waals surface area contributed by atoms with Crippen LogP contribution >= 0.6 is 22.7 Å². The number of hydrogen-bond acceptors (Lipinski definition) is 9. The first-order valence-corrected chi connectivity index (χ1v) is 12.9. The number of nitrogens with zero attached hydrogens (tertiary/aromatic N) is 3. The topological polar surface area (TPSA) is 124 Å². The zero-order valence-electron chi connectivity index (χ0n) is 19.4. The number of nitro groups is 1. The molecule has 37 heavy (non-hydrogen) atoms. The van der Waals surface area contributed by atoms with Crippen LogP contribution in [0, 0.1) is 10.1 Å². The number of carbonyl (C=O) groups excluding carboxylic acids is 1. The highest BCUT2D eigenvalue weighted by molar-refractivity contribution is 7.10. The molecule has 1 aliphatic heterocycles. The molecule has 0 fully saturated rings. The lowest BCUT2D eigenvalue weighted by molar-refractivity contribution is -0.385. The monoisotopic (exact) mass is 533 g/mol. The van der Waals surface area contributed by atoms with Crippen molar-refractivity contribution >= 4 is 46.1 Å². The lowest BCUT2D eigenvalue weighted by Crippen LogP contribution is -2.39. The van der Waals surface area contributed by atoms with E-state index in [9.17, 15) is 24.8 Å². The predicted octanol–water partition coefficient (Wildman–Crippen LogP) is 3.61. The Hall–Kier alpha value is -4.35. The van der Waals surface area contributed by atoms with Crippen molar-refractivity contribution in [3.63, 3.8) is 0 Å². The first-order chi connectivity index (χ1) is 17.9. The van der Waals surface area contributed by atoms with E-state index in [1.165, 1.54) is 40.2 Å². The van der Waals surface area contributed by atoms with Gasteiger partial charge in [0.25, 0.3) is 5.56 Å². The van der Waals surface area contributed by atoms with Crippen molar-refractivity contribution in [2.45, 2.75) is 13.0 Å². The van der Waals surface area contributed by atoms with E-state index in [1.807, 2.05) is 47.8 Å². The fourth-order valence-electron chi connectivity index (χ4n) is 4.11. The van der Waals surface area contributed by atoms with E-state index in [2.05, 4.69) is 0 Å². The number of aromatic hydroxyl groups is 1. The number of esters is 1. The molecule has 9 nitrogen and oxygen atoms in total. The van der Waals surface area contributed by atoms with E-state index < -0.39 is 33.9 Å². The van der Waals surface area contributed by atoms with Gasteiger partial charge in [0.15, 0.2) is 4.80 Å². The molecular formula is C26H19N3O6S2. The van der Waals surface area contributed by atoms with Gasteiger partial charge in [-0.3, -0.25) is 19.5 Å². The zero-order valence-corrected chi connectivity index (χ0v) is 21.0. The number of nitro benzene ring substituents is 1. The van der Waals surface area contributed by atoms with Crippen LogP contribution in [-0.2, 0) is 9.53 Å². The SMILES string of the molecule is CCOC(=O)C1=C(c2ccccc2)N=c2s/c(=C/c3cccc([N+](=O)[O-])c3O)c(=O)n2[C@@H]1c1cccs1. The number of thiazole rings is 1. The number of hydrogen-bond donors (Lipinski definition) is 1. The molecule has 11 heteroatoms. The summed E-state index contributed by atoms with van der Waals surface area (Å²) in [5.74, 6) is -1.11. The summed E-state index contributed by atoms with van der Waals surface area (Å²) in [5.41, 5.74) is 0.563. The molecule has 0 saturated heterocycles. The third-order valence-corrected chi connectivity index (χ3v) is 7.62. The Morgan fingerprint density at radius 2 is 1.97 bits per heavy atom. The van der Waals surface area contributed by atoms with Crippen LogP contribution in [0.15, 0.2) is 81.4 Å². The maximum atomic E-state index is 13.7. The molecule has 4 aromatic rings. The van der Waals surface area contributed by atoms with Gasteiger partial charge in [-0.2, -0.15) is 0 Å². The first-order valence-electron chi connectivity index (χ1n) is 11.2. The number of ether oxygens (including phenoxy) is 1. The van der Waals surface area contributed by atoms with Gasteiger partial charge in [-0.25, -0.2) is 9.79 Å². The normalized spacial score (nSPS) is 15.3. The molecule has 1 N–H and O–H groups in total. The quantitative estimate of drug-likeness (QED) is 0.229. The Bertz CT molecular complexity index is 1720. The Labute approximate surface area is 217 Å². The van der Waals surface area contributed by atoms with Gasteiger partial charge >= 0.3 is 11.7 Å². The van der Waals surface area contributed by atoms with Crippen molar-refractivity contribution in [1.82, 2.24) is 4.57 Å². The fraction of sp³-hybridized carbons (Fsp3) is 0.115. The number of aromatic nitrogens is 1. The molecule has 3 heterocycles. The summed E-state index contributed by atoms with van der Waals surface area (Å²) >= 11 is 2.47. The van der Waals surface area contributed by atoms with Crippen molar-refractivity contribution in [1.29, 1.82) is 0 Å². The highest BCUT2D eigenvalue weighted by Gasteiger charge is 2.35. The average molecular weight is 534 g/mol. The lowest BCUT2D eigenvalue weighted by atomic mass is 9.97. The predicted molar refractivity (Wildman–Crippen MR) is 140 cm³/mol. The fourth-order valence-corrected chi connectivity index (χ4v) is 5.93. The molecule has 0 amide bonds. The van der Waals surface area contributed by atoms with Gasteiger partial charge in [0.2, 0.25) is 5.75 Å². The summed E-state index contributed by atoms with van der Waals surface area (Å²) in [6.07, 6.45) is 1.40. The van der Waals surface area contributed by atoms with Gasteiger partial charge in [-0.15, -0.1) is 11.3 Å². The summed E-state index contributed by atoms with van der Waals surface area (Å²) in [6.45, 7) is 1.86. The van der Waals surface area contributed by atoms with Gasteiger partial charge in [0.05, 0.1) is 27.3 Å². The van der Waals surface area contributed by atoms with Crippen molar-refractivity contribution < 1.29 is 19.6 Å². The van der Waals surface area contributed by atoms with Crippen LogP contribution in [0.25, 0.3) is 11.8 Å². The minimum Gasteiger partial charge on any atom is -0.502 e. The minimum absolute atomic E-state index is 0.125. The third-order valence-electron chi connectivity index (χ3n) is 5.72. The summed E-state index contributed by atoms with van der Waals surface area (Å²) in [7, 11) is 0. The van der Waals surface area contributed by atoms with Gasteiger partial charge in [-0.05, 0) is 24.4 Å². The minimum atomic E-state index is -0.786. The van der Waals surface area contributed by atoms with E-state index in [4.69, 9.17) is 9.73 Å². The van der Waals surface area contributed by atoms with Crippen LogP contribution in [0.2, 0.25) is 0 Å². The van der Waals surface area contributed by atoms with Crippen molar-refractivity contribution in [2.24, 2.45) is 4.99 Å². The molecule has 0 aliphatic carbocycles. The maximum Gasteiger partial charge on any atom is 0.338 e. The van der Waals surface area contributed by atoms with Crippen molar-refractivity contribution in [3.05, 3.63) is 117 Å². The van der Waals surface area contributed by atoms with Crippen LogP contribution < -0.4 is 14.9 Å². The largest absolute Gasteiger partial charge is 0.502 e. The Kier molecular flexibility index (Phi) is 6.55. The van der Waals surface area contributed by atoms with E-state index >= 15 is 0 Å². The number of phenols is 1. The van der Waals surface area contributed by atoms with E-state index in [-0.39, 0.29) is 22.3 Å². The summed E-state index contributed by atoms with van der Waals surface area (Å²) in [6, 6.07) is 16.2. The molecule has 0 saturated carbocycles. The number of rotatable bonds is 6. The average Bonchev–Trinajstić information content (AvgIpc) is 3.53. The molecular weight excluding hydrogens is 514 g/mol. The molecule has 0 unspecified atom stereocenters. The molecule has 5 rings (SSSR count). The Morgan fingerprint density at radius 3 is 2.65 bits per heavy atom. The number of para-hydroxylation sites is 1. The summed E-state index contributed by atoms with van der Waals surface area (Å²) < 4.78 is 7.04. The van der Waals surface area contributed by atoms with E-state index in [0.29, 0.717) is 16.1 Å². The van der Waals surface area contributed by atoms with E-state index in [0.717, 1.165) is 16.2 Å². The maximum absolute atomic E-state index is 13.7. The zero-order chi connectivity index (χ0) is 26.1. The molecule has 2 aromatic carbocycles. The van der Waals surface area contributed by atoms with Gasteiger partial charge in [0.1, 0.15) is 6.04 Å². The summed E-state index contributed by atoms with van der Waals surface area (Å²) in [4.78, 5) is 43.4. The highest BCUT2D eigenvalue weighted by atomic mass is 32.1. The third kappa shape index (κ3) is 4.39. The number of phenolic OH excluding ortho intramolecular Hbond substituents is 1. The van der Waals surface area contributed by atoms with Gasteiger partial charge in [-0.1, -0.05) is 59.9 Å². The molecule has 0 radical (unpaired) electrons. The Balaban J connectivity index is 1.81. The number of benzene rings is 2. The van der Waals surface area contributed by atoms with Crippen LogP contribution in [0.3, 0.4) is 0 Å². The number of fused-ring (bicyclic) bond motifs is 1. The smallest absolute Gasteiger partial charge is 0.338 e. The van der Waals surface area contributed by atoms with Crippen molar-refractivity contribution in [3.8, 4) is 5.75 Å². The van der Waals surface area contributed by atoms with Crippen LogP contribution in [0.1, 0.15) is 29.0 Å². The molecule has 0 bridgehead atoms. The second kappa shape index (κ2) is 9.96. The van der Waals surface area contributed by atoms with Crippen molar-refractivity contribution in [2.75, 3.05) is 6.61 Å². The van der Waals surface area contributed by atoms with Crippen LogP contribution in [0.4, 0.5) is 5.69 Å². The number of carbonyl (C=O) groups is 1. The molecule has 2 aromatic heterocycles. The second-order valence-electron chi connectivity index (χ2n) is 7.92. The van der Waals surface area contributed by atoms with Gasteiger partial charge in [0, 0.05) is 22.1 Å². The molecule has 0 spiro atoms. The van der Waals surface area contributed by atoms with Gasteiger partial charge < -0.3 is 9.84 Å². The standard InChI is InChI=1S/C26H19N3O6S2/c1-2-35-25(32)20-21(15-8-4-3-5-9-15)27-26-28(22(20)18-12-7-13-36-18)24(31)19(37-26)14-16-10-6-11-17(23(16)30)29(33)34/h3-14,22,30H,2H2,1H3/b19-14+/t22-/m1/s1. The van der Waals surface area contributed by atoms with Crippen LogP contribution in [-0.4, -0.2) is 27.2 Å². The first kappa shape index (κ1) is 24.3. The second-order valence-corrected chi connectivity index (χ2v) is 9.91. The molecule has 186 valence electrons. The highest BCUT2D eigenvalue weighted by Crippen LogP contribution is 2.37. The summed E-state index contributed by atoms with van der Waals surface area (Å²) in [5, 5.41) is 23.5. The number of thiophene rings is 1. The molecule has 1 aliphatic rings. The van der Waals surface area contributed by atoms with Crippen LogP contribution in [0.5, 0.6) is 5.75 Å². The van der Waals surface area contributed by atoms with E-state index in [1.54, 1.807) is 6.92 Å².